The second-order valence-corrected chi connectivity index (χ2v) is 6.94. The summed E-state index contributed by atoms with van der Waals surface area (Å²) in [7, 11) is 0. The number of benzene rings is 2. The number of nitrogens with one attached hydrogen (secondary N) is 1. The molecule has 1 aromatic heterocycles. The summed E-state index contributed by atoms with van der Waals surface area (Å²) in [5.74, 6) is -0.0599. The van der Waals surface area contributed by atoms with Gasteiger partial charge < -0.3 is 5.32 Å². The molecule has 0 saturated heterocycles. The molecule has 3 nitrogen and oxygen atoms in total. The Labute approximate surface area is 150 Å². The zero-order valence-electron chi connectivity index (χ0n) is 13.5. The first-order valence-electron chi connectivity index (χ1n) is 7.59. The lowest BCUT2D eigenvalue weighted by molar-refractivity contribution is -0.115. The lowest BCUT2D eigenvalue weighted by Crippen LogP contribution is -2.16. The molecule has 0 aliphatic carbocycles. The molecule has 1 heterocycles. The summed E-state index contributed by atoms with van der Waals surface area (Å²) >= 11 is 7.53. The SMILES string of the molecule is Cc1cccc(C)c1NC(=O)Cc1csc(-c2cccc(Cl)c2)n1. The van der Waals surface area contributed by atoms with E-state index in [1.807, 2.05) is 61.7 Å². The average Bonchev–Trinajstić information content (AvgIpc) is 2.99. The fraction of sp³-hybridized carbons (Fsp3) is 0.158. The minimum atomic E-state index is -0.0599. The second-order valence-electron chi connectivity index (χ2n) is 5.65. The van der Waals surface area contributed by atoms with Crippen LogP contribution in [0.15, 0.2) is 47.8 Å². The van der Waals surface area contributed by atoms with Crippen molar-refractivity contribution >= 4 is 34.5 Å². The molecule has 0 saturated carbocycles. The van der Waals surface area contributed by atoms with Gasteiger partial charge in [0.2, 0.25) is 5.91 Å². The molecule has 0 aliphatic heterocycles. The van der Waals surface area contributed by atoms with Crippen LogP contribution in [0.5, 0.6) is 0 Å². The molecule has 0 atom stereocenters. The first-order valence-corrected chi connectivity index (χ1v) is 8.85. The summed E-state index contributed by atoms with van der Waals surface area (Å²) in [6.45, 7) is 3.98. The molecule has 3 rings (SSSR count). The van der Waals surface area contributed by atoms with Crippen molar-refractivity contribution in [2.24, 2.45) is 0 Å². The summed E-state index contributed by atoms with van der Waals surface area (Å²) in [5, 5.41) is 6.45. The molecule has 0 radical (unpaired) electrons. The van der Waals surface area contributed by atoms with Gasteiger partial charge in [-0.25, -0.2) is 4.98 Å². The third kappa shape index (κ3) is 3.83. The van der Waals surface area contributed by atoms with Crippen LogP contribution in [-0.4, -0.2) is 10.9 Å². The smallest absolute Gasteiger partial charge is 0.230 e. The number of nitrogens with zero attached hydrogens (tertiary/aromatic N) is 1. The van der Waals surface area contributed by atoms with Crippen molar-refractivity contribution < 1.29 is 4.79 Å². The van der Waals surface area contributed by atoms with Crippen LogP contribution >= 0.6 is 22.9 Å². The van der Waals surface area contributed by atoms with Crippen molar-refractivity contribution in [2.45, 2.75) is 20.3 Å². The molecule has 1 N–H and O–H groups in total. The van der Waals surface area contributed by atoms with Gasteiger partial charge in [-0.2, -0.15) is 0 Å². The predicted molar refractivity (Wildman–Crippen MR) is 101 cm³/mol. The number of anilines is 1. The standard InChI is InChI=1S/C19H17ClN2OS/c1-12-5-3-6-13(2)18(12)22-17(23)10-16-11-24-19(21-16)14-7-4-8-15(20)9-14/h3-9,11H,10H2,1-2H3,(H,22,23). The summed E-state index contributed by atoms with van der Waals surface area (Å²) in [4.78, 5) is 16.9. The second kappa shape index (κ2) is 7.16. The highest BCUT2D eigenvalue weighted by Gasteiger charge is 2.11. The average molecular weight is 357 g/mol. The topological polar surface area (TPSA) is 42.0 Å². The van der Waals surface area contributed by atoms with Crippen molar-refractivity contribution in [1.82, 2.24) is 4.98 Å². The Hall–Kier alpha value is -2.17. The van der Waals surface area contributed by atoms with Gasteiger partial charge in [-0.15, -0.1) is 11.3 Å². The molecule has 2 aromatic carbocycles. The number of para-hydroxylation sites is 1. The lowest BCUT2D eigenvalue weighted by Gasteiger charge is -2.10. The zero-order chi connectivity index (χ0) is 17.1. The van der Waals surface area contributed by atoms with Crippen LogP contribution in [0.25, 0.3) is 10.6 Å². The normalized spacial score (nSPS) is 10.6. The first kappa shape index (κ1) is 16.7. The van der Waals surface area contributed by atoms with Gasteiger partial charge in [0.15, 0.2) is 0 Å². The highest BCUT2D eigenvalue weighted by atomic mass is 35.5. The van der Waals surface area contributed by atoms with Gasteiger partial charge in [0.1, 0.15) is 5.01 Å². The zero-order valence-corrected chi connectivity index (χ0v) is 15.0. The predicted octanol–water partition coefficient (Wildman–Crippen LogP) is 5.26. The van der Waals surface area contributed by atoms with Crippen LogP contribution in [-0.2, 0) is 11.2 Å². The van der Waals surface area contributed by atoms with Gasteiger partial charge in [-0.1, -0.05) is 41.9 Å². The number of carbonyl (C=O) groups is 1. The quantitative estimate of drug-likeness (QED) is 0.692. The van der Waals surface area contributed by atoms with E-state index in [2.05, 4.69) is 10.3 Å². The molecule has 1 amide bonds. The summed E-state index contributed by atoms with van der Waals surface area (Å²) in [6, 6.07) is 13.5. The summed E-state index contributed by atoms with van der Waals surface area (Å²) in [5.41, 5.74) is 4.72. The van der Waals surface area contributed by atoms with E-state index in [0.717, 1.165) is 33.1 Å². The number of halogens is 1. The van der Waals surface area contributed by atoms with E-state index >= 15 is 0 Å². The molecule has 122 valence electrons. The highest BCUT2D eigenvalue weighted by molar-refractivity contribution is 7.13. The third-order valence-corrected chi connectivity index (χ3v) is 4.89. The maximum absolute atomic E-state index is 12.3. The van der Waals surface area contributed by atoms with E-state index in [1.165, 1.54) is 11.3 Å². The Morgan fingerprint density at radius 2 is 1.88 bits per heavy atom. The number of aromatic nitrogens is 1. The van der Waals surface area contributed by atoms with Gasteiger partial charge in [0, 0.05) is 21.7 Å². The van der Waals surface area contributed by atoms with Crippen molar-refractivity contribution in [3.8, 4) is 10.6 Å². The molecular weight excluding hydrogens is 340 g/mol. The molecule has 0 bridgehead atoms. The van der Waals surface area contributed by atoms with Crippen molar-refractivity contribution in [1.29, 1.82) is 0 Å². The highest BCUT2D eigenvalue weighted by Crippen LogP contribution is 2.26. The van der Waals surface area contributed by atoms with Gasteiger partial charge in [0.05, 0.1) is 12.1 Å². The minimum absolute atomic E-state index is 0.0599. The van der Waals surface area contributed by atoms with Crippen LogP contribution < -0.4 is 5.32 Å². The van der Waals surface area contributed by atoms with Crippen molar-refractivity contribution in [3.05, 3.63) is 69.7 Å². The number of hydrogen-bond donors (Lipinski definition) is 1. The van der Waals surface area contributed by atoms with Gasteiger partial charge in [-0.05, 0) is 37.1 Å². The number of amides is 1. The van der Waals surface area contributed by atoms with Crippen molar-refractivity contribution in [3.63, 3.8) is 0 Å². The van der Waals surface area contributed by atoms with Crippen LogP contribution in [0.2, 0.25) is 5.02 Å². The van der Waals surface area contributed by atoms with Gasteiger partial charge >= 0.3 is 0 Å². The van der Waals surface area contributed by atoms with Crippen LogP contribution in [0.4, 0.5) is 5.69 Å². The van der Waals surface area contributed by atoms with Gasteiger partial charge in [-0.3, -0.25) is 4.79 Å². The summed E-state index contributed by atoms with van der Waals surface area (Å²) < 4.78 is 0. The molecule has 0 fully saturated rings. The Morgan fingerprint density at radius 3 is 2.58 bits per heavy atom. The Morgan fingerprint density at radius 1 is 1.17 bits per heavy atom. The van der Waals surface area contributed by atoms with Crippen LogP contribution in [0, 0.1) is 13.8 Å². The molecule has 24 heavy (non-hydrogen) atoms. The van der Waals surface area contributed by atoms with Crippen molar-refractivity contribution in [2.75, 3.05) is 5.32 Å². The molecule has 3 aromatic rings. The number of hydrogen-bond acceptors (Lipinski definition) is 3. The Balaban J connectivity index is 1.72. The number of rotatable bonds is 4. The fourth-order valence-electron chi connectivity index (χ4n) is 2.50. The van der Waals surface area contributed by atoms with Gasteiger partial charge in [0.25, 0.3) is 0 Å². The van der Waals surface area contributed by atoms with Crippen LogP contribution in [0.1, 0.15) is 16.8 Å². The lowest BCUT2D eigenvalue weighted by atomic mass is 10.1. The van der Waals surface area contributed by atoms with E-state index in [-0.39, 0.29) is 12.3 Å². The Bertz CT molecular complexity index is 868. The number of carbonyl (C=O) groups excluding carboxylic acids is 1. The number of thiazole rings is 1. The first-order chi connectivity index (χ1) is 11.5. The summed E-state index contributed by atoms with van der Waals surface area (Å²) in [6.07, 6.45) is 0.255. The molecule has 5 heteroatoms. The van der Waals surface area contributed by atoms with E-state index in [4.69, 9.17) is 11.6 Å². The Kier molecular flexibility index (Phi) is 4.97. The monoisotopic (exact) mass is 356 g/mol. The molecule has 0 unspecified atom stereocenters. The molecular formula is C19H17ClN2OS. The number of aryl methyl sites for hydroxylation is 2. The largest absolute Gasteiger partial charge is 0.325 e. The maximum atomic E-state index is 12.3. The third-order valence-electron chi connectivity index (χ3n) is 3.71. The molecule has 0 spiro atoms. The van der Waals surface area contributed by atoms with E-state index in [1.54, 1.807) is 0 Å². The fourth-order valence-corrected chi connectivity index (χ4v) is 3.51. The molecule has 0 aliphatic rings. The van der Waals surface area contributed by atoms with Crippen LogP contribution in [0.3, 0.4) is 0 Å². The maximum Gasteiger partial charge on any atom is 0.230 e. The minimum Gasteiger partial charge on any atom is -0.325 e. The van der Waals surface area contributed by atoms with E-state index in [9.17, 15) is 4.79 Å². The van der Waals surface area contributed by atoms with E-state index < -0.39 is 0 Å². The van der Waals surface area contributed by atoms with E-state index in [0.29, 0.717) is 5.02 Å².